The zero-order valence-electron chi connectivity index (χ0n) is 18.3. The molecule has 1 unspecified atom stereocenters. The highest BCUT2D eigenvalue weighted by Crippen LogP contribution is 2.36. The van der Waals surface area contributed by atoms with E-state index in [2.05, 4.69) is 10.5 Å². The van der Waals surface area contributed by atoms with Crippen LogP contribution in [0.3, 0.4) is 0 Å². The van der Waals surface area contributed by atoms with Crippen molar-refractivity contribution in [2.45, 2.75) is 52.0 Å². The van der Waals surface area contributed by atoms with Crippen LogP contribution in [0.2, 0.25) is 0 Å². The maximum absolute atomic E-state index is 13.8. The van der Waals surface area contributed by atoms with E-state index in [-0.39, 0.29) is 17.8 Å². The molecule has 0 saturated carbocycles. The molecule has 32 heavy (non-hydrogen) atoms. The Balaban J connectivity index is 1.50. The number of carbonyl (C=O) groups is 1. The van der Waals surface area contributed by atoms with Crippen LogP contribution in [0.5, 0.6) is 0 Å². The topological polar surface area (TPSA) is 57.8 Å². The molecule has 1 aromatic heterocycles. The number of carbonyl (C=O) groups excluding carboxylic acids is 1. The number of hydrogen-bond acceptors (Lipinski definition) is 4. The molecule has 6 heteroatoms. The van der Waals surface area contributed by atoms with Gasteiger partial charge in [-0.25, -0.2) is 4.39 Å². The third-order valence-corrected chi connectivity index (χ3v) is 6.41. The monoisotopic (exact) mass is 431 g/mol. The molecule has 164 valence electrons. The number of nitrogens with zero attached hydrogens (tertiary/aromatic N) is 2. The molecular formula is C26H26FN3O2. The number of amides is 1. The number of halogens is 1. The van der Waals surface area contributed by atoms with Crippen LogP contribution in [0.1, 0.15) is 59.2 Å². The quantitative estimate of drug-likeness (QED) is 0.529. The molecule has 1 atom stereocenters. The normalized spacial score (nSPS) is 18.9. The van der Waals surface area contributed by atoms with Crippen LogP contribution in [-0.2, 0) is 12.8 Å². The second kappa shape index (κ2) is 8.26. The number of fused-ring (bicyclic) bond motifs is 2. The Morgan fingerprint density at radius 3 is 2.78 bits per heavy atom. The van der Waals surface area contributed by atoms with Gasteiger partial charge in [0.05, 0.1) is 11.4 Å². The van der Waals surface area contributed by atoms with Gasteiger partial charge in [0.2, 0.25) is 0 Å². The molecule has 1 aliphatic heterocycles. The van der Waals surface area contributed by atoms with Crippen molar-refractivity contribution < 1.29 is 13.6 Å². The molecule has 1 aliphatic carbocycles. The third kappa shape index (κ3) is 3.60. The van der Waals surface area contributed by atoms with Crippen LogP contribution in [0.25, 0.3) is 0 Å². The molecule has 5 rings (SSSR count). The van der Waals surface area contributed by atoms with Gasteiger partial charge in [0.15, 0.2) is 5.76 Å². The second-order valence-corrected chi connectivity index (χ2v) is 8.58. The van der Waals surface area contributed by atoms with Crippen molar-refractivity contribution in [2.75, 3.05) is 10.3 Å². The summed E-state index contributed by atoms with van der Waals surface area (Å²) in [6.45, 7) is 3.96. The summed E-state index contributed by atoms with van der Waals surface area (Å²) in [5.41, 5.74) is 8.33. The van der Waals surface area contributed by atoms with E-state index in [9.17, 15) is 9.18 Å². The van der Waals surface area contributed by atoms with E-state index >= 15 is 0 Å². The first kappa shape index (κ1) is 20.5. The van der Waals surface area contributed by atoms with Gasteiger partial charge < -0.3 is 9.32 Å². The van der Waals surface area contributed by atoms with Crippen LogP contribution < -0.4 is 10.3 Å². The fraction of sp³-hybridized carbons (Fsp3) is 0.308. The maximum Gasteiger partial charge on any atom is 0.294 e. The molecule has 2 aliphatic rings. The predicted octanol–water partition coefficient (Wildman–Crippen LogP) is 5.86. The Bertz CT molecular complexity index is 1200. The third-order valence-electron chi connectivity index (χ3n) is 6.41. The standard InChI is InChI=1S/C26H26FN3O2/c1-16-11-12-18-15-19(27)13-14-22(18)30(16)26(31)25-17(2)24-21(9-6-10-23(24)32-25)29-28-20-7-4-3-5-8-20/h3-5,7-8,13-16,28H,6,9-12H2,1-2H3/b29-21+. The zero-order chi connectivity index (χ0) is 22.2. The summed E-state index contributed by atoms with van der Waals surface area (Å²) < 4.78 is 19.9. The predicted molar refractivity (Wildman–Crippen MR) is 124 cm³/mol. The van der Waals surface area contributed by atoms with Crippen molar-refractivity contribution in [3.05, 3.63) is 82.6 Å². The van der Waals surface area contributed by atoms with Gasteiger partial charge in [0, 0.05) is 29.3 Å². The molecule has 1 amide bonds. The molecule has 1 N–H and O–H groups in total. The number of rotatable bonds is 3. The summed E-state index contributed by atoms with van der Waals surface area (Å²) in [5, 5.41) is 4.64. The number of aryl methyl sites for hydroxylation is 2. The largest absolute Gasteiger partial charge is 0.455 e. The minimum absolute atomic E-state index is 0.00914. The lowest BCUT2D eigenvalue weighted by atomic mass is 9.92. The first-order chi connectivity index (χ1) is 15.5. The molecule has 0 fully saturated rings. The van der Waals surface area contributed by atoms with Gasteiger partial charge in [0.25, 0.3) is 5.91 Å². The number of nitrogens with one attached hydrogen (secondary N) is 1. The fourth-order valence-electron chi connectivity index (χ4n) is 4.77. The molecule has 0 saturated heterocycles. The van der Waals surface area contributed by atoms with Gasteiger partial charge in [-0.3, -0.25) is 10.2 Å². The number of benzene rings is 2. The van der Waals surface area contributed by atoms with Crippen molar-refractivity contribution in [1.82, 2.24) is 0 Å². The highest BCUT2D eigenvalue weighted by atomic mass is 19.1. The summed E-state index contributed by atoms with van der Waals surface area (Å²) in [4.78, 5) is 15.4. The van der Waals surface area contributed by atoms with E-state index < -0.39 is 0 Å². The Kier molecular flexibility index (Phi) is 5.29. The fourth-order valence-corrected chi connectivity index (χ4v) is 4.77. The molecular weight excluding hydrogens is 405 g/mol. The van der Waals surface area contributed by atoms with Gasteiger partial charge in [-0.1, -0.05) is 18.2 Å². The lowest BCUT2D eigenvalue weighted by Gasteiger charge is -2.34. The van der Waals surface area contributed by atoms with Crippen LogP contribution in [0.15, 0.2) is 58.0 Å². The Labute approximate surface area is 186 Å². The maximum atomic E-state index is 13.8. The van der Waals surface area contributed by atoms with Gasteiger partial charge in [-0.05, 0) is 75.4 Å². The summed E-state index contributed by atoms with van der Waals surface area (Å²) in [5.74, 6) is 0.720. The second-order valence-electron chi connectivity index (χ2n) is 8.58. The first-order valence-corrected chi connectivity index (χ1v) is 11.1. The van der Waals surface area contributed by atoms with E-state index in [0.29, 0.717) is 5.76 Å². The van der Waals surface area contributed by atoms with Crippen molar-refractivity contribution in [2.24, 2.45) is 5.10 Å². The Morgan fingerprint density at radius 2 is 1.97 bits per heavy atom. The highest BCUT2D eigenvalue weighted by Gasteiger charge is 2.35. The van der Waals surface area contributed by atoms with Gasteiger partial charge >= 0.3 is 0 Å². The van der Waals surface area contributed by atoms with Crippen molar-refractivity contribution in [1.29, 1.82) is 0 Å². The number of anilines is 2. The van der Waals surface area contributed by atoms with E-state index in [1.165, 1.54) is 12.1 Å². The van der Waals surface area contributed by atoms with Crippen LogP contribution in [0.4, 0.5) is 15.8 Å². The van der Waals surface area contributed by atoms with Crippen LogP contribution >= 0.6 is 0 Å². The number of furan rings is 1. The summed E-state index contributed by atoms with van der Waals surface area (Å²) >= 11 is 0. The number of hydrazone groups is 1. The first-order valence-electron chi connectivity index (χ1n) is 11.1. The van der Waals surface area contributed by atoms with E-state index in [4.69, 9.17) is 4.42 Å². The highest BCUT2D eigenvalue weighted by molar-refractivity contribution is 6.10. The van der Waals surface area contributed by atoms with Crippen molar-refractivity contribution in [3.63, 3.8) is 0 Å². The average Bonchev–Trinajstić information content (AvgIpc) is 3.15. The molecule has 3 aromatic rings. The SMILES string of the molecule is Cc1c(C(=O)N2c3ccc(F)cc3CCC2C)oc2c1/C(=N/Nc1ccccc1)CCC2. The van der Waals surface area contributed by atoms with Crippen LogP contribution in [0, 0.1) is 12.7 Å². The smallest absolute Gasteiger partial charge is 0.294 e. The minimum atomic E-state index is -0.276. The molecule has 0 spiro atoms. The molecule has 5 nitrogen and oxygen atoms in total. The number of para-hydroxylation sites is 1. The van der Waals surface area contributed by atoms with E-state index in [1.54, 1.807) is 11.0 Å². The molecule has 2 aromatic carbocycles. The van der Waals surface area contributed by atoms with Gasteiger partial charge in [-0.2, -0.15) is 5.10 Å². The Morgan fingerprint density at radius 1 is 1.16 bits per heavy atom. The number of hydrogen-bond donors (Lipinski definition) is 1. The van der Waals surface area contributed by atoms with Crippen LogP contribution in [-0.4, -0.2) is 17.7 Å². The van der Waals surface area contributed by atoms with Crippen molar-refractivity contribution >= 4 is 23.0 Å². The van der Waals surface area contributed by atoms with E-state index in [1.807, 2.05) is 44.2 Å². The van der Waals surface area contributed by atoms with Crippen molar-refractivity contribution in [3.8, 4) is 0 Å². The zero-order valence-corrected chi connectivity index (χ0v) is 18.3. The average molecular weight is 432 g/mol. The molecule has 2 heterocycles. The van der Waals surface area contributed by atoms with Gasteiger partial charge in [0.1, 0.15) is 11.6 Å². The van der Waals surface area contributed by atoms with Gasteiger partial charge in [-0.15, -0.1) is 0 Å². The molecule has 0 radical (unpaired) electrons. The molecule has 0 bridgehead atoms. The minimum Gasteiger partial charge on any atom is -0.455 e. The summed E-state index contributed by atoms with van der Waals surface area (Å²) in [6.07, 6.45) is 4.07. The Hall–Kier alpha value is -3.41. The summed E-state index contributed by atoms with van der Waals surface area (Å²) in [7, 11) is 0. The van der Waals surface area contributed by atoms with E-state index in [0.717, 1.165) is 71.6 Å². The lowest BCUT2D eigenvalue weighted by Crippen LogP contribution is -2.42. The summed E-state index contributed by atoms with van der Waals surface area (Å²) in [6, 6.07) is 14.5. The lowest BCUT2D eigenvalue weighted by molar-refractivity contribution is 0.0945.